The maximum Gasteiger partial charge on any atom is 0.262 e. The summed E-state index contributed by atoms with van der Waals surface area (Å²) >= 11 is 1.52. The number of benzene rings is 1. The number of nitrogens with zero attached hydrogens (tertiary/aromatic N) is 3. The molecule has 130 valence electrons. The minimum Gasteiger partial charge on any atom is -0.482 e. The number of carbonyl (C=O) groups excluding carboxylic acids is 1. The highest BCUT2D eigenvalue weighted by Gasteiger charge is 2.17. The molecule has 1 aromatic heterocycles. The highest BCUT2D eigenvalue weighted by atomic mass is 32.1. The topological polar surface area (TPSA) is 68.0 Å². The molecule has 0 radical (unpaired) electrons. The van der Waals surface area contributed by atoms with E-state index in [4.69, 9.17) is 9.84 Å². The maximum atomic E-state index is 11.6. The van der Waals surface area contributed by atoms with Crippen molar-refractivity contribution in [3.8, 4) is 17.0 Å². The Morgan fingerprint density at radius 2 is 2.36 bits per heavy atom. The Labute approximate surface area is 150 Å². The summed E-state index contributed by atoms with van der Waals surface area (Å²) in [7, 11) is 0. The van der Waals surface area contributed by atoms with Crippen LogP contribution in [-0.2, 0) is 4.79 Å². The molecule has 1 amide bonds. The van der Waals surface area contributed by atoms with Crippen LogP contribution in [0.1, 0.15) is 20.3 Å². The first kappa shape index (κ1) is 17.2. The lowest BCUT2D eigenvalue weighted by atomic mass is 10.1. The number of thiazole rings is 1. The van der Waals surface area contributed by atoms with Crippen LogP contribution in [0.2, 0.25) is 0 Å². The van der Waals surface area contributed by atoms with Crippen LogP contribution in [0.5, 0.6) is 5.75 Å². The predicted octanol–water partition coefficient (Wildman–Crippen LogP) is 3.27. The first-order valence-electron chi connectivity index (χ1n) is 8.05. The van der Waals surface area contributed by atoms with Crippen molar-refractivity contribution in [2.45, 2.75) is 20.3 Å². The number of anilines is 1. The summed E-state index contributed by atoms with van der Waals surface area (Å²) in [6.07, 6.45) is 2.61. The summed E-state index contributed by atoms with van der Waals surface area (Å²) in [4.78, 5) is 16.9. The molecular weight excluding hydrogens is 336 g/mol. The summed E-state index contributed by atoms with van der Waals surface area (Å²) in [6.45, 7) is 8.36. The van der Waals surface area contributed by atoms with Gasteiger partial charge in [0.15, 0.2) is 6.61 Å². The highest BCUT2D eigenvalue weighted by Crippen LogP contribution is 2.32. The Hall–Kier alpha value is -2.67. The standard InChI is InChI=1S/C18H20N4O2S/c1-4-8-19-18-22(21-12(3)5-2)15(11-25-18)13-6-7-16-14(9-13)20-17(23)10-24-16/h4,6-7,9,11H,1,5,8,10H2,2-3H3,(H,20,23). The highest BCUT2D eigenvalue weighted by molar-refractivity contribution is 7.07. The summed E-state index contributed by atoms with van der Waals surface area (Å²) < 4.78 is 7.27. The van der Waals surface area contributed by atoms with E-state index in [1.54, 1.807) is 6.08 Å². The third-order valence-electron chi connectivity index (χ3n) is 3.73. The zero-order chi connectivity index (χ0) is 17.8. The van der Waals surface area contributed by atoms with E-state index in [1.807, 2.05) is 35.2 Å². The zero-order valence-electron chi connectivity index (χ0n) is 14.3. The normalized spacial score (nSPS) is 14.7. The van der Waals surface area contributed by atoms with Crippen molar-refractivity contribution < 1.29 is 9.53 Å². The van der Waals surface area contributed by atoms with Crippen molar-refractivity contribution in [2.75, 3.05) is 18.5 Å². The third kappa shape index (κ3) is 3.71. The van der Waals surface area contributed by atoms with E-state index in [2.05, 4.69) is 23.8 Å². The number of fused-ring (bicyclic) bond motifs is 1. The summed E-state index contributed by atoms with van der Waals surface area (Å²) in [6, 6.07) is 5.73. The number of carbonyl (C=O) groups is 1. The molecule has 25 heavy (non-hydrogen) atoms. The van der Waals surface area contributed by atoms with E-state index in [-0.39, 0.29) is 12.5 Å². The molecule has 0 saturated carbocycles. The summed E-state index contributed by atoms with van der Waals surface area (Å²) in [5, 5.41) is 9.55. The van der Waals surface area contributed by atoms with E-state index in [0.29, 0.717) is 18.0 Å². The van der Waals surface area contributed by atoms with Crippen LogP contribution in [0.15, 0.2) is 46.3 Å². The lowest BCUT2D eigenvalue weighted by Gasteiger charge is -2.18. The fourth-order valence-electron chi connectivity index (χ4n) is 2.33. The smallest absolute Gasteiger partial charge is 0.262 e. The van der Waals surface area contributed by atoms with Crippen LogP contribution in [0.25, 0.3) is 11.3 Å². The van der Waals surface area contributed by atoms with Gasteiger partial charge in [0.05, 0.1) is 17.9 Å². The molecule has 0 aliphatic carbocycles. The van der Waals surface area contributed by atoms with E-state index in [9.17, 15) is 4.79 Å². The number of hydrogen-bond donors (Lipinski definition) is 1. The molecule has 3 rings (SSSR count). The van der Waals surface area contributed by atoms with E-state index >= 15 is 0 Å². The van der Waals surface area contributed by atoms with Crippen LogP contribution in [0.3, 0.4) is 0 Å². The molecule has 2 heterocycles. The third-order valence-corrected chi connectivity index (χ3v) is 4.59. The van der Waals surface area contributed by atoms with Crippen LogP contribution in [0.4, 0.5) is 5.69 Å². The number of rotatable bonds is 5. The van der Waals surface area contributed by atoms with Crippen LogP contribution in [0, 0.1) is 0 Å². The molecule has 0 fully saturated rings. The summed E-state index contributed by atoms with van der Waals surface area (Å²) in [5.41, 5.74) is 3.54. The van der Waals surface area contributed by atoms with Gasteiger partial charge in [-0.3, -0.25) is 9.79 Å². The largest absolute Gasteiger partial charge is 0.482 e. The van der Waals surface area contributed by atoms with E-state index in [0.717, 1.165) is 28.2 Å². The molecule has 0 unspecified atom stereocenters. The average molecular weight is 356 g/mol. The van der Waals surface area contributed by atoms with Crippen molar-refractivity contribution in [3.05, 3.63) is 41.0 Å². The first-order valence-corrected chi connectivity index (χ1v) is 8.93. The minimum absolute atomic E-state index is 0.0510. The van der Waals surface area contributed by atoms with E-state index < -0.39 is 0 Å². The van der Waals surface area contributed by atoms with Crippen molar-refractivity contribution in [2.24, 2.45) is 10.1 Å². The van der Waals surface area contributed by atoms with Crippen LogP contribution >= 0.6 is 11.3 Å². The second-order valence-corrected chi connectivity index (χ2v) is 6.42. The monoisotopic (exact) mass is 356 g/mol. The number of nitrogens with one attached hydrogen (secondary N) is 1. The number of amides is 1. The van der Waals surface area contributed by atoms with Crippen molar-refractivity contribution >= 4 is 28.6 Å². The summed E-state index contributed by atoms with van der Waals surface area (Å²) in [5.74, 6) is 0.527. The van der Waals surface area contributed by atoms with Gasteiger partial charge in [0.1, 0.15) is 5.75 Å². The molecule has 1 aromatic carbocycles. The second-order valence-electron chi connectivity index (χ2n) is 5.58. The predicted molar refractivity (Wildman–Crippen MR) is 101 cm³/mol. The van der Waals surface area contributed by atoms with Gasteiger partial charge < -0.3 is 10.1 Å². The first-order chi connectivity index (χ1) is 12.1. The van der Waals surface area contributed by atoms with Crippen LogP contribution < -0.4 is 14.9 Å². The molecule has 1 aliphatic heterocycles. The Kier molecular flexibility index (Phi) is 5.14. The van der Waals surface area contributed by atoms with Gasteiger partial charge in [-0.1, -0.05) is 13.0 Å². The number of ether oxygens (including phenoxy) is 1. The van der Waals surface area contributed by atoms with Gasteiger partial charge in [0.25, 0.3) is 5.91 Å². The zero-order valence-corrected chi connectivity index (χ0v) is 15.1. The molecular formula is C18H20N4O2S. The van der Waals surface area contributed by atoms with Crippen molar-refractivity contribution in [3.63, 3.8) is 0 Å². The van der Waals surface area contributed by atoms with Gasteiger partial charge in [-0.15, -0.1) is 17.9 Å². The Balaban J connectivity index is 2.11. The molecule has 1 N–H and O–H groups in total. The molecule has 0 atom stereocenters. The molecule has 7 heteroatoms. The molecule has 0 bridgehead atoms. The van der Waals surface area contributed by atoms with Gasteiger partial charge >= 0.3 is 0 Å². The Bertz CT molecular complexity index is 908. The fourth-order valence-corrected chi connectivity index (χ4v) is 3.17. The van der Waals surface area contributed by atoms with Gasteiger partial charge in [-0.05, 0) is 31.5 Å². The van der Waals surface area contributed by atoms with Crippen LogP contribution in [-0.4, -0.2) is 29.4 Å². The minimum atomic E-state index is -0.149. The van der Waals surface area contributed by atoms with E-state index in [1.165, 1.54) is 11.3 Å². The Morgan fingerprint density at radius 1 is 1.52 bits per heavy atom. The van der Waals surface area contributed by atoms with Crippen molar-refractivity contribution in [1.82, 2.24) is 4.68 Å². The van der Waals surface area contributed by atoms with Gasteiger partial charge in [0, 0.05) is 16.7 Å². The SMILES string of the molecule is C=CCN=c1scc(-c2ccc3c(c2)NC(=O)CO3)n1N=C(C)CC. The lowest BCUT2D eigenvalue weighted by molar-refractivity contribution is -0.118. The second kappa shape index (κ2) is 7.48. The maximum absolute atomic E-state index is 11.6. The molecule has 6 nitrogen and oxygen atoms in total. The number of hydrogen-bond acceptors (Lipinski definition) is 5. The fraction of sp³-hybridized carbons (Fsp3) is 0.278. The molecule has 2 aromatic rings. The average Bonchev–Trinajstić information content (AvgIpc) is 3.01. The molecule has 1 aliphatic rings. The Morgan fingerprint density at radius 3 is 3.12 bits per heavy atom. The number of aromatic nitrogens is 1. The van der Waals surface area contributed by atoms with Crippen molar-refractivity contribution in [1.29, 1.82) is 0 Å². The van der Waals surface area contributed by atoms with Gasteiger partial charge in [-0.25, -0.2) is 4.68 Å². The quantitative estimate of drug-likeness (QED) is 0.660. The van der Waals surface area contributed by atoms with Gasteiger partial charge in [-0.2, -0.15) is 5.10 Å². The van der Waals surface area contributed by atoms with Gasteiger partial charge in [0.2, 0.25) is 4.80 Å². The molecule has 0 saturated heterocycles. The molecule has 0 spiro atoms. The lowest BCUT2D eigenvalue weighted by Crippen LogP contribution is -2.25.